The summed E-state index contributed by atoms with van der Waals surface area (Å²) in [6.45, 7) is 9.97. The second kappa shape index (κ2) is 24.4. The van der Waals surface area contributed by atoms with Gasteiger partial charge in [-0.25, -0.2) is 19.2 Å². The van der Waals surface area contributed by atoms with Crippen LogP contribution in [0.3, 0.4) is 0 Å². The van der Waals surface area contributed by atoms with Gasteiger partial charge in [0.1, 0.15) is 14.3 Å². The largest absolute Gasteiger partial charge is 0.467 e. The number of aromatic nitrogens is 4. The molecule has 0 N–H and O–H groups in total. The molecule has 18 nitrogen and oxygen atoms in total. The SMILES string of the molecule is COC(=O)C(OC[C@@H]1CC=CC[C@@H]1Cn1cc(C)c(=O)n(C(=O)c2ccccc2)c1=O)P(C)(C)=O.COC(=O)C(OC[C@@H]1CCCC[C@@H]1Cn1cc(C)c(=O)n(C(=O)c2ccccc2)c1=O)P(C)(C)=O. The lowest BCUT2D eigenvalue weighted by molar-refractivity contribution is -0.150. The molecule has 0 bridgehead atoms. The summed E-state index contributed by atoms with van der Waals surface area (Å²) in [4.78, 5) is 102. The lowest BCUT2D eigenvalue weighted by Gasteiger charge is -2.33. The van der Waals surface area contributed by atoms with Gasteiger partial charge in [-0.05, 0) is 114 Å². The van der Waals surface area contributed by atoms with E-state index in [1.165, 1.54) is 62.4 Å². The Labute approximate surface area is 406 Å². The maximum atomic E-state index is 13.2. The zero-order valence-electron chi connectivity index (χ0n) is 41.0. The number of esters is 2. The first-order chi connectivity index (χ1) is 33.1. The molecular weight excluding hydrogens is 943 g/mol. The minimum atomic E-state index is -2.91. The fourth-order valence-corrected chi connectivity index (χ4v) is 10.9. The van der Waals surface area contributed by atoms with Crippen LogP contribution in [0.1, 0.15) is 70.4 Å². The molecule has 0 aliphatic heterocycles. The van der Waals surface area contributed by atoms with Crippen LogP contribution in [-0.4, -0.2) is 108 Å². The number of hydrogen-bond donors (Lipinski definition) is 0. The highest BCUT2D eigenvalue weighted by molar-refractivity contribution is 7.64. The molecule has 6 atom stereocenters. The van der Waals surface area contributed by atoms with Crippen molar-refractivity contribution in [2.45, 2.75) is 77.2 Å². The van der Waals surface area contributed by atoms with Crippen molar-refractivity contribution in [2.75, 3.05) is 54.1 Å². The van der Waals surface area contributed by atoms with Crippen LogP contribution in [0.4, 0.5) is 0 Å². The molecule has 1 saturated carbocycles. The van der Waals surface area contributed by atoms with Crippen molar-refractivity contribution in [3.63, 3.8) is 0 Å². The van der Waals surface area contributed by atoms with E-state index in [4.69, 9.17) is 18.9 Å². The van der Waals surface area contributed by atoms with Crippen LogP contribution in [0.2, 0.25) is 0 Å². The average Bonchev–Trinajstić information content (AvgIpc) is 3.33. The Hall–Kier alpha value is -5.80. The van der Waals surface area contributed by atoms with E-state index in [9.17, 15) is 47.5 Å². The van der Waals surface area contributed by atoms with Gasteiger partial charge in [0, 0.05) is 47.7 Å². The van der Waals surface area contributed by atoms with Gasteiger partial charge in [-0.1, -0.05) is 61.4 Å². The van der Waals surface area contributed by atoms with E-state index in [1.807, 2.05) is 12.2 Å². The number of carbonyl (C=O) groups is 4. The summed E-state index contributed by atoms with van der Waals surface area (Å²) in [7, 11) is -3.35. The van der Waals surface area contributed by atoms with E-state index >= 15 is 0 Å². The number of aryl methyl sites for hydroxylation is 2. The summed E-state index contributed by atoms with van der Waals surface area (Å²) in [5, 5.41) is 0. The molecule has 2 aromatic carbocycles. The van der Waals surface area contributed by atoms with Crippen molar-refractivity contribution in [1.29, 1.82) is 0 Å². The number of rotatable bonds is 16. The highest BCUT2D eigenvalue weighted by Gasteiger charge is 2.37. The Morgan fingerprint density at radius 1 is 0.571 bits per heavy atom. The molecule has 378 valence electrons. The molecule has 0 amide bonds. The first kappa shape index (κ1) is 55.1. The lowest BCUT2D eigenvalue weighted by Crippen LogP contribution is -2.45. The van der Waals surface area contributed by atoms with Crippen LogP contribution in [0.5, 0.6) is 0 Å². The lowest BCUT2D eigenvalue weighted by atomic mass is 9.79. The zero-order chi connectivity index (χ0) is 51.5. The Morgan fingerprint density at radius 2 is 0.943 bits per heavy atom. The number of ether oxygens (including phenoxy) is 4. The van der Waals surface area contributed by atoms with E-state index in [0.29, 0.717) is 34.1 Å². The van der Waals surface area contributed by atoms with Crippen molar-refractivity contribution in [1.82, 2.24) is 18.3 Å². The van der Waals surface area contributed by atoms with Crippen molar-refractivity contribution in [3.05, 3.63) is 149 Å². The zero-order valence-corrected chi connectivity index (χ0v) is 42.8. The molecule has 0 radical (unpaired) electrons. The number of benzene rings is 2. The standard InChI is InChI=1S/C25H33N2O7P.C25H31N2O7P/c2*1-17-14-26(25(31)27(21(17)28)22(29)18-10-6-5-7-11-18)15-19-12-8-9-13-20(19)16-34-24(23(30)33-2)35(3,4)32/h5-7,10-11,14,19-20,24H,8-9,12-13,15-16H2,1-4H3;5-11,14,19-20,24H,12-13,15-16H2,1-4H3/t2*19-,20+,24?/m11/s1. The summed E-state index contributed by atoms with van der Waals surface area (Å²) in [5.74, 6) is -5.08. The first-order valence-corrected chi connectivity index (χ1v) is 28.4. The molecule has 0 spiro atoms. The number of nitrogens with zero attached hydrogens (tertiary/aromatic N) is 4. The van der Waals surface area contributed by atoms with E-state index in [-0.39, 0.29) is 60.1 Å². The van der Waals surface area contributed by atoms with Gasteiger partial charge < -0.3 is 28.1 Å². The van der Waals surface area contributed by atoms with Gasteiger partial charge in [0.15, 0.2) is 0 Å². The van der Waals surface area contributed by atoms with Gasteiger partial charge in [-0.15, -0.1) is 0 Å². The second-order valence-corrected chi connectivity index (χ2v) is 25.3. The predicted octanol–water partition coefficient (Wildman–Crippen LogP) is 5.68. The number of allylic oxidation sites excluding steroid dienone is 2. The predicted molar refractivity (Wildman–Crippen MR) is 265 cm³/mol. The van der Waals surface area contributed by atoms with E-state index in [0.717, 1.165) is 25.7 Å². The molecule has 2 heterocycles. The molecule has 2 aliphatic carbocycles. The highest BCUT2D eigenvalue weighted by atomic mass is 31.2. The Bertz CT molecular complexity index is 2890. The van der Waals surface area contributed by atoms with Crippen LogP contribution in [0.15, 0.2) is 104 Å². The summed E-state index contributed by atoms with van der Waals surface area (Å²) in [6.07, 6.45) is 11.9. The molecular formula is C50H64N4O14P2. The maximum Gasteiger partial charge on any atom is 0.342 e. The van der Waals surface area contributed by atoms with Crippen molar-refractivity contribution >= 4 is 38.0 Å². The Kier molecular flexibility index (Phi) is 19.2. The third-order valence-electron chi connectivity index (χ3n) is 12.6. The molecule has 4 aromatic rings. The van der Waals surface area contributed by atoms with Crippen LogP contribution < -0.4 is 22.5 Å². The van der Waals surface area contributed by atoms with E-state index in [2.05, 4.69) is 0 Å². The second-order valence-electron chi connectivity index (χ2n) is 18.7. The van der Waals surface area contributed by atoms with Crippen LogP contribution in [0, 0.1) is 37.5 Å². The highest BCUT2D eigenvalue weighted by Crippen LogP contribution is 2.45. The summed E-state index contributed by atoms with van der Waals surface area (Å²) >= 11 is 0. The molecule has 70 heavy (non-hydrogen) atoms. The summed E-state index contributed by atoms with van der Waals surface area (Å²) in [6, 6.07) is 16.4. The van der Waals surface area contributed by atoms with E-state index in [1.54, 1.807) is 74.5 Å². The Morgan fingerprint density at radius 3 is 1.34 bits per heavy atom. The summed E-state index contributed by atoms with van der Waals surface area (Å²) in [5.41, 5.74) is -1.60. The first-order valence-electron chi connectivity index (χ1n) is 23.1. The molecule has 2 unspecified atom stereocenters. The fraction of sp³-hybridized carbons (Fsp3) is 0.480. The van der Waals surface area contributed by atoms with Crippen LogP contribution in [-0.2, 0) is 50.8 Å². The quantitative estimate of drug-likeness (QED) is 0.0748. The van der Waals surface area contributed by atoms with Crippen LogP contribution >= 0.6 is 14.3 Å². The van der Waals surface area contributed by atoms with Gasteiger partial charge in [0.05, 0.1) is 27.4 Å². The van der Waals surface area contributed by atoms with Gasteiger partial charge in [-0.3, -0.25) is 28.3 Å². The number of hydrogen-bond acceptors (Lipinski definition) is 14. The van der Waals surface area contributed by atoms with E-state index < -0.39 is 72.2 Å². The monoisotopic (exact) mass is 1010 g/mol. The van der Waals surface area contributed by atoms with Gasteiger partial charge in [-0.2, -0.15) is 9.13 Å². The minimum Gasteiger partial charge on any atom is -0.467 e. The fourth-order valence-electron chi connectivity index (χ4n) is 8.75. The maximum absolute atomic E-state index is 13.2. The molecule has 20 heteroatoms. The van der Waals surface area contributed by atoms with Gasteiger partial charge >= 0.3 is 23.3 Å². The average molecular weight is 1010 g/mol. The minimum absolute atomic E-state index is 0.0138. The topological polar surface area (TPSA) is 227 Å². The van der Waals surface area contributed by atoms with Crippen molar-refractivity contribution in [2.24, 2.45) is 23.7 Å². The number of carbonyl (C=O) groups excluding carboxylic acids is 4. The van der Waals surface area contributed by atoms with Crippen LogP contribution in [0.25, 0.3) is 0 Å². The third-order valence-corrected chi connectivity index (χ3v) is 15.6. The van der Waals surface area contributed by atoms with Gasteiger partial charge in [0.2, 0.25) is 11.7 Å². The van der Waals surface area contributed by atoms with Crippen molar-refractivity contribution in [3.8, 4) is 0 Å². The van der Waals surface area contributed by atoms with Gasteiger partial charge in [0.25, 0.3) is 22.9 Å². The third kappa shape index (κ3) is 13.7. The van der Waals surface area contributed by atoms with Crippen molar-refractivity contribution < 1.29 is 47.3 Å². The molecule has 0 saturated heterocycles. The molecule has 6 rings (SSSR count). The molecule has 2 aliphatic rings. The smallest absolute Gasteiger partial charge is 0.342 e. The number of methoxy groups -OCH3 is 2. The normalized spacial score (nSPS) is 19.0. The molecule has 2 aromatic heterocycles. The summed E-state index contributed by atoms with van der Waals surface area (Å²) < 4.78 is 50.4. The molecule has 1 fully saturated rings. The Balaban J connectivity index is 0.000000261.